The first-order valence-electron chi connectivity index (χ1n) is 5.91. The Morgan fingerprint density at radius 2 is 1.61 bits per heavy atom. The molecule has 0 spiro atoms. The molecule has 0 bridgehead atoms. The molecule has 0 N–H and O–H groups in total. The minimum Gasteiger partial charge on any atom is -0.284 e. The second-order valence-electron chi connectivity index (χ2n) is 4.43. The van der Waals surface area contributed by atoms with Gasteiger partial charge in [0.15, 0.2) is 17.5 Å². The third kappa shape index (κ3) is 2.49. The van der Waals surface area contributed by atoms with Gasteiger partial charge in [0.1, 0.15) is 6.04 Å². The van der Waals surface area contributed by atoms with Crippen LogP contribution in [-0.4, -0.2) is 18.0 Å². The highest BCUT2D eigenvalue weighted by molar-refractivity contribution is 5.27. The third-order valence-corrected chi connectivity index (χ3v) is 3.20. The van der Waals surface area contributed by atoms with E-state index in [1.165, 1.54) is 0 Å². The van der Waals surface area contributed by atoms with Crippen LogP contribution in [0.3, 0.4) is 0 Å². The number of rotatable bonds is 2. The predicted molar refractivity (Wildman–Crippen MR) is 60.1 cm³/mol. The van der Waals surface area contributed by atoms with E-state index in [1.54, 1.807) is 0 Å². The molecule has 0 amide bonds. The number of hydrogen-bond acceptors (Lipinski definition) is 2. The smallest absolute Gasteiger partial charge is 0.194 e. The van der Waals surface area contributed by atoms with E-state index in [1.807, 2.05) is 11.0 Å². The molecule has 2 rings (SSSR count). The molecule has 1 saturated heterocycles. The van der Waals surface area contributed by atoms with Crippen LogP contribution in [0.25, 0.3) is 0 Å². The van der Waals surface area contributed by atoms with Crippen molar-refractivity contribution in [3.63, 3.8) is 0 Å². The van der Waals surface area contributed by atoms with Crippen LogP contribution < -0.4 is 0 Å². The second-order valence-corrected chi connectivity index (χ2v) is 4.43. The standard InChI is InChI=1S/C13H13F3N2/c14-10-6-9(7-11(15)13(10)16)12(8-17)18-4-2-1-3-5-18/h6-7,12H,1-5H2. The maximum Gasteiger partial charge on any atom is 0.194 e. The number of nitrogens with zero attached hydrogens (tertiary/aromatic N) is 2. The zero-order chi connectivity index (χ0) is 13.1. The van der Waals surface area contributed by atoms with Gasteiger partial charge in [-0.3, -0.25) is 4.90 Å². The Balaban J connectivity index is 2.30. The summed E-state index contributed by atoms with van der Waals surface area (Å²) in [5, 5.41) is 9.15. The molecule has 1 heterocycles. The molecule has 1 aliphatic rings. The van der Waals surface area contributed by atoms with Gasteiger partial charge in [0.05, 0.1) is 6.07 Å². The summed E-state index contributed by atoms with van der Waals surface area (Å²) in [7, 11) is 0. The molecule has 1 fully saturated rings. The van der Waals surface area contributed by atoms with Gasteiger partial charge in [0.25, 0.3) is 0 Å². The molecule has 0 aromatic heterocycles. The van der Waals surface area contributed by atoms with Crippen LogP contribution in [0.2, 0.25) is 0 Å². The Morgan fingerprint density at radius 3 is 2.11 bits per heavy atom. The molecule has 1 aromatic rings. The zero-order valence-corrected chi connectivity index (χ0v) is 9.80. The van der Waals surface area contributed by atoms with E-state index in [2.05, 4.69) is 0 Å². The van der Waals surface area contributed by atoms with Crippen LogP contribution >= 0.6 is 0 Å². The van der Waals surface area contributed by atoms with Gasteiger partial charge < -0.3 is 0 Å². The number of likely N-dealkylation sites (tertiary alicyclic amines) is 1. The van der Waals surface area contributed by atoms with Gasteiger partial charge in [-0.15, -0.1) is 0 Å². The maximum atomic E-state index is 13.2. The highest BCUT2D eigenvalue weighted by atomic mass is 19.2. The fourth-order valence-electron chi connectivity index (χ4n) is 2.28. The van der Waals surface area contributed by atoms with Gasteiger partial charge >= 0.3 is 0 Å². The molecule has 1 aliphatic heterocycles. The average Bonchev–Trinajstić information content (AvgIpc) is 2.38. The lowest BCUT2D eigenvalue weighted by Gasteiger charge is -2.30. The largest absolute Gasteiger partial charge is 0.284 e. The van der Waals surface area contributed by atoms with E-state index in [4.69, 9.17) is 5.26 Å². The maximum absolute atomic E-state index is 13.2. The van der Waals surface area contributed by atoms with Crippen molar-refractivity contribution in [1.29, 1.82) is 5.26 Å². The molecule has 5 heteroatoms. The number of benzene rings is 1. The molecule has 18 heavy (non-hydrogen) atoms. The molecule has 0 radical (unpaired) electrons. The van der Waals surface area contributed by atoms with Crippen LogP contribution in [0.1, 0.15) is 30.9 Å². The lowest BCUT2D eigenvalue weighted by Crippen LogP contribution is -2.33. The number of hydrogen-bond donors (Lipinski definition) is 0. The highest BCUT2D eigenvalue weighted by Gasteiger charge is 2.24. The van der Waals surface area contributed by atoms with Crippen molar-refractivity contribution in [2.75, 3.05) is 13.1 Å². The van der Waals surface area contributed by atoms with Crippen molar-refractivity contribution < 1.29 is 13.2 Å². The van der Waals surface area contributed by atoms with Crippen LogP contribution in [0, 0.1) is 28.8 Å². The Kier molecular flexibility index (Phi) is 3.87. The third-order valence-electron chi connectivity index (χ3n) is 3.20. The van der Waals surface area contributed by atoms with Gasteiger partial charge in [0, 0.05) is 0 Å². The topological polar surface area (TPSA) is 27.0 Å². The van der Waals surface area contributed by atoms with Crippen LogP contribution in [0.15, 0.2) is 12.1 Å². The minimum atomic E-state index is -1.49. The van der Waals surface area contributed by atoms with Gasteiger partial charge in [0.2, 0.25) is 0 Å². The second kappa shape index (κ2) is 5.40. The Bertz CT molecular complexity index is 453. The Hall–Kier alpha value is -1.54. The Morgan fingerprint density at radius 1 is 1.06 bits per heavy atom. The van der Waals surface area contributed by atoms with E-state index in [0.29, 0.717) is 0 Å². The molecular weight excluding hydrogens is 241 g/mol. The highest BCUT2D eigenvalue weighted by Crippen LogP contribution is 2.26. The molecular formula is C13H13F3N2. The molecule has 1 atom stereocenters. The SMILES string of the molecule is N#CC(c1cc(F)c(F)c(F)c1)N1CCCCC1. The predicted octanol–water partition coefficient (Wildman–Crippen LogP) is 3.15. The van der Waals surface area contributed by atoms with Crippen molar-refractivity contribution in [3.8, 4) is 6.07 Å². The van der Waals surface area contributed by atoms with E-state index in [9.17, 15) is 13.2 Å². The fraction of sp³-hybridized carbons (Fsp3) is 0.462. The van der Waals surface area contributed by atoms with E-state index in [-0.39, 0.29) is 5.56 Å². The quantitative estimate of drug-likeness (QED) is 0.758. The summed E-state index contributed by atoms with van der Waals surface area (Å²) in [6.07, 6.45) is 3.02. The monoisotopic (exact) mass is 254 g/mol. The average molecular weight is 254 g/mol. The van der Waals surface area contributed by atoms with Crippen LogP contribution in [0.5, 0.6) is 0 Å². The Labute approximate surface area is 104 Å². The van der Waals surface area contributed by atoms with Gasteiger partial charge in [-0.2, -0.15) is 5.26 Å². The first-order chi connectivity index (χ1) is 8.63. The van der Waals surface area contributed by atoms with Crippen molar-refractivity contribution in [2.45, 2.75) is 25.3 Å². The molecule has 96 valence electrons. The molecule has 0 aliphatic carbocycles. The van der Waals surface area contributed by atoms with E-state index >= 15 is 0 Å². The first kappa shape index (κ1) is 12.9. The summed E-state index contributed by atoms with van der Waals surface area (Å²) in [5.41, 5.74) is 0.177. The lowest BCUT2D eigenvalue weighted by atomic mass is 10.0. The van der Waals surface area contributed by atoms with Gasteiger partial charge in [-0.05, 0) is 43.6 Å². The van der Waals surface area contributed by atoms with Crippen LogP contribution in [-0.2, 0) is 0 Å². The minimum absolute atomic E-state index is 0.177. The van der Waals surface area contributed by atoms with E-state index < -0.39 is 23.5 Å². The summed E-state index contributed by atoms with van der Waals surface area (Å²) in [6.45, 7) is 1.44. The lowest BCUT2D eigenvalue weighted by molar-refractivity contribution is 0.195. The van der Waals surface area contributed by atoms with E-state index in [0.717, 1.165) is 44.5 Å². The van der Waals surface area contributed by atoms with Gasteiger partial charge in [-0.1, -0.05) is 6.42 Å². The van der Waals surface area contributed by atoms with Crippen molar-refractivity contribution in [3.05, 3.63) is 35.1 Å². The van der Waals surface area contributed by atoms with Crippen molar-refractivity contribution in [1.82, 2.24) is 4.90 Å². The zero-order valence-electron chi connectivity index (χ0n) is 9.80. The first-order valence-corrected chi connectivity index (χ1v) is 5.91. The molecule has 1 unspecified atom stereocenters. The number of halogens is 3. The number of nitriles is 1. The summed E-state index contributed by atoms with van der Waals surface area (Å²) >= 11 is 0. The summed E-state index contributed by atoms with van der Waals surface area (Å²) in [6, 6.07) is 3.13. The summed E-state index contributed by atoms with van der Waals surface area (Å²) in [4.78, 5) is 1.87. The molecule has 2 nitrogen and oxygen atoms in total. The van der Waals surface area contributed by atoms with Gasteiger partial charge in [-0.25, -0.2) is 13.2 Å². The van der Waals surface area contributed by atoms with Crippen LogP contribution in [0.4, 0.5) is 13.2 Å². The number of piperidine rings is 1. The summed E-state index contributed by atoms with van der Waals surface area (Å²) < 4.78 is 39.2. The molecule has 0 saturated carbocycles. The molecule has 1 aromatic carbocycles. The fourth-order valence-corrected chi connectivity index (χ4v) is 2.28. The normalized spacial score (nSPS) is 18.3. The van der Waals surface area contributed by atoms with Crippen molar-refractivity contribution >= 4 is 0 Å². The summed E-state index contributed by atoms with van der Waals surface area (Å²) in [5.74, 6) is -3.99. The van der Waals surface area contributed by atoms with Crippen molar-refractivity contribution in [2.24, 2.45) is 0 Å².